The quantitative estimate of drug-likeness (QED) is 0.533. The van der Waals surface area contributed by atoms with Gasteiger partial charge in [-0.15, -0.1) is 0 Å². The van der Waals surface area contributed by atoms with Crippen LogP contribution in [-0.2, 0) is 0 Å². The predicted molar refractivity (Wildman–Crippen MR) is 85.7 cm³/mol. The fourth-order valence-corrected chi connectivity index (χ4v) is 3.34. The molecular weight excluding hydrogens is 262 g/mol. The van der Waals surface area contributed by atoms with Crippen LogP contribution in [0.3, 0.4) is 0 Å². The molecule has 0 saturated carbocycles. The van der Waals surface area contributed by atoms with E-state index < -0.39 is 0 Å². The van der Waals surface area contributed by atoms with Gasteiger partial charge in [-0.3, -0.25) is 9.20 Å². The molecule has 0 aliphatic rings. The van der Waals surface area contributed by atoms with Crippen LogP contribution in [-0.4, -0.2) is 9.51 Å². The number of nitrogens with zero attached hydrogens (tertiary/aromatic N) is 1. The summed E-state index contributed by atoms with van der Waals surface area (Å²) < 4.78 is 1.66. The Morgan fingerprint density at radius 1 is 0.905 bits per heavy atom. The maximum Gasteiger partial charge on any atom is 0.258 e. The molecule has 21 heavy (non-hydrogen) atoms. The normalized spacial score (nSPS) is 12.0. The van der Waals surface area contributed by atoms with Crippen molar-refractivity contribution < 1.29 is 5.11 Å². The first-order valence-electron chi connectivity index (χ1n) is 7.00. The maximum absolute atomic E-state index is 12.7. The molecule has 4 aromatic rings. The van der Waals surface area contributed by atoms with Crippen molar-refractivity contribution in [1.82, 2.24) is 4.40 Å². The lowest BCUT2D eigenvalue weighted by atomic mass is 10.0. The summed E-state index contributed by atoms with van der Waals surface area (Å²) in [5.74, 6) is 0.146. The second kappa shape index (κ2) is 3.76. The Balaban J connectivity index is 2.55. The molecule has 0 saturated heterocycles. The lowest BCUT2D eigenvalue weighted by molar-refractivity contribution is 0.480. The van der Waals surface area contributed by atoms with Crippen molar-refractivity contribution in [3.05, 3.63) is 57.4 Å². The SMILES string of the molecule is Cc1cc2c(C)c(C)c(=O)n3c4c(O)cccc4c(c1)c23. The van der Waals surface area contributed by atoms with E-state index in [4.69, 9.17) is 0 Å². The van der Waals surface area contributed by atoms with Crippen LogP contribution in [0.4, 0.5) is 0 Å². The average molecular weight is 277 g/mol. The van der Waals surface area contributed by atoms with E-state index in [9.17, 15) is 9.90 Å². The highest BCUT2D eigenvalue weighted by atomic mass is 16.3. The van der Waals surface area contributed by atoms with E-state index in [1.54, 1.807) is 10.5 Å². The van der Waals surface area contributed by atoms with E-state index in [0.717, 1.165) is 38.4 Å². The highest BCUT2D eigenvalue weighted by Crippen LogP contribution is 2.37. The van der Waals surface area contributed by atoms with Crippen molar-refractivity contribution >= 4 is 27.2 Å². The van der Waals surface area contributed by atoms with Crippen molar-refractivity contribution in [2.45, 2.75) is 20.8 Å². The van der Waals surface area contributed by atoms with E-state index in [1.807, 2.05) is 26.0 Å². The van der Waals surface area contributed by atoms with Gasteiger partial charge in [-0.2, -0.15) is 0 Å². The Hall–Kier alpha value is -2.55. The number of fused-ring (bicyclic) bond motifs is 3. The van der Waals surface area contributed by atoms with Gasteiger partial charge in [-0.05, 0) is 50.1 Å². The maximum atomic E-state index is 12.7. The van der Waals surface area contributed by atoms with Crippen LogP contribution in [0.25, 0.3) is 27.2 Å². The van der Waals surface area contributed by atoms with Gasteiger partial charge in [0.15, 0.2) is 0 Å². The van der Waals surface area contributed by atoms with Gasteiger partial charge in [0.05, 0.1) is 11.0 Å². The van der Waals surface area contributed by atoms with Gasteiger partial charge < -0.3 is 5.11 Å². The Labute approximate surface area is 121 Å². The monoisotopic (exact) mass is 277 g/mol. The molecule has 2 aromatic heterocycles. The molecule has 104 valence electrons. The number of aromatic hydroxyl groups is 1. The third-order valence-corrected chi connectivity index (χ3v) is 4.50. The zero-order valence-corrected chi connectivity index (χ0v) is 12.2. The molecular formula is C18H15NO2. The summed E-state index contributed by atoms with van der Waals surface area (Å²) >= 11 is 0. The Morgan fingerprint density at radius 2 is 1.62 bits per heavy atom. The molecule has 3 heteroatoms. The number of aromatic nitrogens is 1. The molecule has 2 aromatic carbocycles. The van der Waals surface area contributed by atoms with Crippen molar-refractivity contribution in [3.8, 4) is 5.75 Å². The van der Waals surface area contributed by atoms with Crippen molar-refractivity contribution in [3.63, 3.8) is 0 Å². The number of benzene rings is 2. The summed E-state index contributed by atoms with van der Waals surface area (Å²) in [6, 6.07) is 9.60. The minimum atomic E-state index is -0.0506. The summed E-state index contributed by atoms with van der Waals surface area (Å²) in [6.45, 7) is 5.89. The van der Waals surface area contributed by atoms with Gasteiger partial charge in [0.2, 0.25) is 0 Å². The molecule has 0 fully saturated rings. The number of phenols is 1. The van der Waals surface area contributed by atoms with Crippen LogP contribution in [0.2, 0.25) is 0 Å². The van der Waals surface area contributed by atoms with Gasteiger partial charge in [0.1, 0.15) is 5.75 Å². The van der Waals surface area contributed by atoms with Crippen LogP contribution in [0.15, 0.2) is 35.1 Å². The molecule has 0 atom stereocenters. The van der Waals surface area contributed by atoms with Crippen LogP contribution >= 0.6 is 0 Å². The number of pyridine rings is 1. The first kappa shape index (κ1) is 12.2. The highest BCUT2D eigenvalue weighted by Gasteiger charge is 2.19. The van der Waals surface area contributed by atoms with E-state index >= 15 is 0 Å². The van der Waals surface area contributed by atoms with Gasteiger partial charge in [-0.25, -0.2) is 0 Å². The Kier molecular flexibility index (Phi) is 2.18. The molecule has 0 radical (unpaired) electrons. The van der Waals surface area contributed by atoms with E-state index in [-0.39, 0.29) is 11.3 Å². The second-order valence-electron chi connectivity index (χ2n) is 5.77. The van der Waals surface area contributed by atoms with E-state index in [2.05, 4.69) is 19.1 Å². The van der Waals surface area contributed by atoms with E-state index in [1.165, 1.54) is 0 Å². The second-order valence-corrected chi connectivity index (χ2v) is 5.77. The molecule has 0 spiro atoms. The molecule has 0 amide bonds. The van der Waals surface area contributed by atoms with Crippen LogP contribution < -0.4 is 5.56 Å². The third kappa shape index (κ3) is 1.35. The summed E-state index contributed by atoms with van der Waals surface area (Å²) in [4.78, 5) is 12.7. The lowest BCUT2D eigenvalue weighted by Gasteiger charge is -2.08. The van der Waals surface area contributed by atoms with Crippen LogP contribution in [0.1, 0.15) is 16.7 Å². The van der Waals surface area contributed by atoms with Gasteiger partial charge in [0, 0.05) is 21.7 Å². The average Bonchev–Trinajstić information content (AvgIpc) is 2.79. The summed E-state index contributed by atoms with van der Waals surface area (Å²) in [7, 11) is 0. The largest absolute Gasteiger partial charge is 0.506 e. The zero-order valence-electron chi connectivity index (χ0n) is 12.2. The number of hydrogen-bond acceptors (Lipinski definition) is 2. The van der Waals surface area contributed by atoms with Gasteiger partial charge >= 0.3 is 0 Å². The molecule has 0 aliphatic heterocycles. The smallest absolute Gasteiger partial charge is 0.258 e. The fourth-order valence-electron chi connectivity index (χ4n) is 3.34. The number of hydrogen-bond donors (Lipinski definition) is 1. The molecule has 0 aliphatic carbocycles. The lowest BCUT2D eigenvalue weighted by Crippen LogP contribution is -2.17. The molecule has 0 bridgehead atoms. The highest BCUT2D eigenvalue weighted by molar-refractivity contribution is 6.16. The zero-order chi connectivity index (χ0) is 14.9. The summed E-state index contributed by atoms with van der Waals surface area (Å²) in [5, 5.41) is 13.3. The van der Waals surface area contributed by atoms with E-state index in [0.29, 0.717) is 5.52 Å². The first-order valence-corrected chi connectivity index (χ1v) is 7.00. The third-order valence-electron chi connectivity index (χ3n) is 4.50. The van der Waals surface area contributed by atoms with Crippen molar-refractivity contribution in [2.75, 3.05) is 0 Å². The minimum absolute atomic E-state index is 0.0506. The molecule has 2 heterocycles. The van der Waals surface area contributed by atoms with Crippen molar-refractivity contribution in [2.24, 2.45) is 0 Å². The van der Waals surface area contributed by atoms with Crippen LogP contribution in [0, 0.1) is 20.8 Å². The molecule has 0 unspecified atom stereocenters. The first-order chi connectivity index (χ1) is 10.0. The van der Waals surface area contributed by atoms with Gasteiger partial charge in [-0.1, -0.05) is 12.1 Å². The fraction of sp³-hybridized carbons (Fsp3) is 0.167. The van der Waals surface area contributed by atoms with Gasteiger partial charge in [0.25, 0.3) is 5.56 Å². The molecule has 3 nitrogen and oxygen atoms in total. The number of phenolic OH excluding ortho intramolecular Hbond substituents is 1. The minimum Gasteiger partial charge on any atom is -0.506 e. The summed E-state index contributed by atoms with van der Waals surface area (Å²) in [6.07, 6.45) is 0. The Morgan fingerprint density at radius 3 is 2.38 bits per heavy atom. The predicted octanol–water partition coefficient (Wildman–Crippen LogP) is 3.67. The number of aryl methyl sites for hydroxylation is 2. The Bertz CT molecular complexity index is 1090. The van der Waals surface area contributed by atoms with Crippen molar-refractivity contribution in [1.29, 1.82) is 0 Å². The molecule has 1 N–H and O–H groups in total. The van der Waals surface area contributed by atoms with Crippen LogP contribution in [0.5, 0.6) is 5.75 Å². The molecule has 4 rings (SSSR count). The number of rotatable bonds is 0. The summed E-state index contributed by atoms with van der Waals surface area (Å²) in [5.41, 5.74) is 4.37. The topological polar surface area (TPSA) is 41.7 Å². The standard InChI is InChI=1S/C18H15NO2/c1-9-7-13-10(2)11(3)18(21)19-16(13)14(8-9)12-5-4-6-15(20)17(12)19/h4-8,20H,1-3H3. The number of para-hydroxylation sites is 1.